The molecule has 6 nitrogen and oxygen atoms in total. The standard InChI is InChI=1S/C7H7ClN4O2S/c8-6-7(11-15(9,13)14)12-4-2-1-3-5(12)10-6/h1-4,11H,(H2,9,13,14). The summed E-state index contributed by atoms with van der Waals surface area (Å²) in [6, 6.07) is 5.18. The van der Waals surface area contributed by atoms with Crippen LogP contribution in [0.25, 0.3) is 5.65 Å². The molecule has 0 aliphatic rings. The molecule has 80 valence electrons. The molecule has 0 aliphatic carbocycles. The number of rotatable bonds is 2. The Morgan fingerprint density at radius 2 is 2.20 bits per heavy atom. The monoisotopic (exact) mass is 246 g/mol. The lowest BCUT2D eigenvalue weighted by Crippen LogP contribution is -2.22. The second-order valence-corrected chi connectivity index (χ2v) is 4.48. The molecule has 2 aromatic heterocycles. The van der Waals surface area contributed by atoms with E-state index in [1.165, 1.54) is 4.40 Å². The van der Waals surface area contributed by atoms with E-state index in [1.807, 2.05) is 0 Å². The Labute approximate surface area is 90.9 Å². The summed E-state index contributed by atoms with van der Waals surface area (Å²) < 4.78 is 25.3. The van der Waals surface area contributed by atoms with Crippen molar-refractivity contribution >= 4 is 33.3 Å². The molecule has 0 bridgehead atoms. The Morgan fingerprint density at radius 3 is 2.87 bits per heavy atom. The van der Waals surface area contributed by atoms with Crippen molar-refractivity contribution in [2.24, 2.45) is 5.14 Å². The van der Waals surface area contributed by atoms with Crippen molar-refractivity contribution in [3.63, 3.8) is 0 Å². The minimum Gasteiger partial charge on any atom is -0.284 e. The van der Waals surface area contributed by atoms with Crippen LogP contribution in [0.3, 0.4) is 0 Å². The predicted molar refractivity (Wildman–Crippen MR) is 56.9 cm³/mol. The number of pyridine rings is 1. The van der Waals surface area contributed by atoms with Gasteiger partial charge >= 0.3 is 0 Å². The van der Waals surface area contributed by atoms with E-state index in [2.05, 4.69) is 9.71 Å². The molecule has 8 heteroatoms. The first kappa shape index (κ1) is 10.2. The van der Waals surface area contributed by atoms with Crippen LogP contribution in [0.2, 0.25) is 5.15 Å². The zero-order chi connectivity index (χ0) is 11.1. The fourth-order valence-electron chi connectivity index (χ4n) is 1.19. The number of aromatic nitrogens is 2. The molecule has 0 aromatic carbocycles. The number of hydrogen-bond donors (Lipinski definition) is 2. The second-order valence-electron chi connectivity index (χ2n) is 2.83. The van der Waals surface area contributed by atoms with Crippen molar-refractivity contribution in [2.75, 3.05) is 4.72 Å². The minimum atomic E-state index is -3.86. The third-order valence-corrected chi connectivity index (χ3v) is 2.47. The molecule has 2 aromatic rings. The van der Waals surface area contributed by atoms with E-state index in [1.54, 1.807) is 24.4 Å². The molecular formula is C7H7ClN4O2S. The van der Waals surface area contributed by atoms with Gasteiger partial charge in [-0.15, -0.1) is 0 Å². The first-order chi connectivity index (χ1) is 6.97. The average molecular weight is 247 g/mol. The van der Waals surface area contributed by atoms with Crippen LogP contribution in [0.5, 0.6) is 0 Å². The second kappa shape index (κ2) is 3.37. The van der Waals surface area contributed by atoms with Gasteiger partial charge in [0, 0.05) is 6.20 Å². The lowest BCUT2D eigenvalue weighted by molar-refractivity contribution is 0.602. The number of anilines is 1. The van der Waals surface area contributed by atoms with Crippen LogP contribution >= 0.6 is 11.6 Å². The number of halogens is 1. The summed E-state index contributed by atoms with van der Waals surface area (Å²) in [5.41, 5.74) is 0.536. The van der Waals surface area contributed by atoms with Gasteiger partial charge in [0.05, 0.1) is 0 Å². The van der Waals surface area contributed by atoms with Crippen LogP contribution < -0.4 is 9.86 Å². The average Bonchev–Trinajstić information content (AvgIpc) is 2.41. The Morgan fingerprint density at radius 1 is 1.47 bits per heavy atom. The summed E-state index contributed by atoms with van der Waals surface area (Å²) in [5, 5.41) is 4.90. The Bertz CT molecular complexity index is 606. The SMILES string of the molecule is NS(=O)(=O)Nc1c(Cl)nc2ccccn12. The maximum Gasteiger partial charge on any atom is 0.297 e. The van der Waals surface area contributed by atoms with E-state index >= 15 is 0 Å². The van der Waals surface area contributed by atoms with Crippen LogP contribution in [-0.4, -0.2) is 17.8 Å². The number of fused-ring (bicyclic) bond motifs is 1. The fourth-order valence-corrected chi connectivity index (χ4v) is 1.94. The number of imidazole rings is 1. The molecule has 0 fully saturated rings. The molecule has 0 atom stereocenters. The smallest absolute Gasteiger partial charge is 0.284 e. The Kier molecular flexibility index (Phi) is 2.29. The normalized spacial score (nSPS) is 11.9. The quantitative estimate of drug-likeness (QED) is 0.813. The summed E-state index contributed by atoms with van der Waals surface area (Å²) >= 11 is 5.76. The predicted octanol–water partition coefficient (Wildman–Crippen LogP) is 0.603. The molecular weight excluding hydrogens is 240 g/mol. The lowest BCUT2D eigenvalue weighted by Gasteiger charge is -2.02. The van der Waals surface area contributed by atoms with Crippen molar-refractivity contribution in [2.45, 2.75) is 0 Å². The largest absolute Gasteiger partial charge is 0.297 e. The maximum absolute atomic E-state index is 10.9. The summed E-state index contributed by atoms with van der Waals surface area (Å²) in [7, 11) is -3.86. The van der Waals surface area contributed by atoms with Crippen LogP contribution in [-0.2, 0) is 10.2 Å². The van der Waals surface area contributed by atoms with Crippen LogP contribution in [0.15, 0.2) is 24.4 Å². The highest BCUT2D eigenvalue weighted by Crippen LogP contribution is 2.22. The lowest BCUT2D eigenvalue weighted by atomic mass is 10.5. The molecule has 2 rings (SSSR count). The number of nitrogens with zero attached hydrogens (tertiary/aromatic N) is 2. The van der Waals surface area contributed by atoms with E-state index in [9.17, 15) is 8.42 Å². The van der Waals surface area contributed by atoms with Crippen molar-refractivity contribution < 1.29 is 8.42 Å². The highest BCUT2D eigenvalue weighted by Gasteiger charge is 2.13. The van der Waals surface area contributed by atoms with Gasteiger partial charge in [0.2, 0.25) is 0 Å². The Hall–Kier alpha value is -1.31. The molecule has 0 unspecified atom stereocenters. The van der Waals surface area contributed by atoms with Gasteiger partial charge in [-0.3, -0.25) is 9.12 Å². The first-order valence-corrected chi connectivity index (χ1v) is 5.83. The van der Waals surface area contributed by atoms with Gasteiger partial charge in [0.15, 0.2) is 11.0 Å². The third-order valence-electron chi connectivity index (χ3n) is 1.73. The zero-order valence-corrected chi connectivity index (χ0v) is 8.96. The van der Waals surface area contributed by atoms with E-state index < -0.39 is 10.2 Å². The zero-order valence-electron chi connectivity index (χ0n) is 7.38. The van der Waals surface area contributed by atoms with Gasteiger partial charge in [-0.25, -0.2) is 10.1 Å². The molecule has 0 amide bonds. The molecule has 0 saturated heterocycles. The van der Waals surface area contributed by atoms with E-state index in [-0.39, 0.29) is 11.0 Å². The first-order valence-electron chi connectivity index (χ1n) is 3.90. The molecule has 0 radical (unpaired) electrons. The molecule has 3 N–H and O–H groups in total. The van der Waals surface area contributed by atoms with E-state index in [0.717, 1.165) is 0 Å². The van der Waals surface area contributed by atoms with Crippen LogP contribution in [0.4, 0.5) is 5.82 Å². The number of nitrogens with one attached hydrogen (secondary N) is 1. The van der Waals surface area contributed by atoms with E-state index in [0.29, 0.717) is 5.65 Å². The summed E-state index contributed by atoms with van der Waals surface area (Å²) in [5.74, 6) is 0.134. The van der Waals surface area contributed by atoms with Crippen LogP contribution in [0.1, 0.15) is 0 Å². The van der Waals surface area contributed by atoms with Gasteiger partial charge in [0.25, 0.3) is 10.2 Å². The number of hydrogen-bond acceptors (Lipinski definition) is 3. The topological polar surface area (TPSA) is 89.5 Å². The molecule has 0 aliphatic heterocycles. The van der Waals surface area contributed by atoms with Crippen molar-refractivity contribution in [1.29, 1.82) is 0 Å². The molecule has 0 saturated carbocycles. The van der Waals surface area contributed by atoms with Crippen molar-refractivity contribution in [3.05, 3.63) is 29.5 Å². The summed E-state index contributed by atoms with van der Waals surface area (Å²) in [6.07, 6.45) is 1.63. The molecule has 15 heavy (non-hydrogen) atoms. The van der Waals surface area contributed by atoms with E-state index in [4.69, 9.17) is 16.7 Å². The van der Waals surface area contributed by atoms with Gasteiger partial charge in [0.1, 0.15) is 5.65 Å². The van der Waals surface area contributed by atoms with Gasteiger partial charge < -0.3 is 0 Å². The van der Waals surface area contributed by atoms with Crippen LogP contribution in [0, 0.1) is 0 Å². The number of nitrogens with two attached hydrogens (primary N) is 1. The van der Waals surface area contributed by atoms with Gasteiger partial charge in [-0.2, -0.15) is 8.42 Å². The molecule has 0 spiro atoms. The third kappa shape index (κ3) is 2.04. The van der Waals surface area contributed by atoms with Crippen molar-refractivity contribution in [3.8, 4) is 0 Å². The molecule has 2 heterocycles. The van der Waals surface area contributed by atoms with Crippen molar-refractivity contribution in [1.82, 2.24) is 9.38 Å². The highest BCUT2D eigenvalue weighted by atomic mass is 35.5. The van der Waals surface area contributed by atoms with Gasteiger partial charge in [-0.1, -0.05) is 17.7 Å². The Balaban J connectivity index is 2.64. The maximum atomic E-state index is 10.9. The summed E-state index contributed by atoms with van der Waals surface area (Å²) in [4.78, 5) is 3.94. The fraction of sp³-hybridized carbons (Fsp3) is 0. The summed E-state index contributed by atoms with van der Waals surface area (Å²) in [6.45, 7) is 0. The minimum absolute atomic E-state index is 0.0511. The van der Waals surface area contributed by atoms with Gasteiger partial charge in [-0.05, 0) is 12.1 Å². The highest BCUT2D eigenvalue weighted by molar-refractivity contribution is 7.90.